The van der Waals surface area contributed by atoms with Crippen LogP contribution in [0.2, 0.25) is 0 Å². The quantitative estimate of drug-likeness (QED) is 0.865. The van der Waals surface area contributed by atoms with Gasteiger partial charge in [0.05, 0.1) is 4.88 Å². The number of fused-ring (bicyclic) bond motifs is 1. The molecule has 1 unspecified atom stereocenters. The van der Waals surface area contributed by atoms with Crippen molar-refractivity contribution < 1.29 is 9.53 Å². The van der Waals surface area contributed by atoms with Gasteiger partial charge in [0, 0.05) is 29.9 Å². The first-order valence-corrected chi connectivity index (χ1v) is 9.40. The van der Waals surface area contributed by atoms with Crippen LogP contribution in [0.5, 0.6) is 0 Å². The Morgan fingerprint density at radius 3 is 2.87 bits per heavy atom. The number of Topliss-reactive ketones (excluding diaryl/α,β-unsaturated/α-hetero) is 1. The van der Waals surface area contributed by atoms with Gasteiger partial charge in [0.2, 0.25) is 0 Å². The standard InChI is InChI=1S/C19H23NO2S/c21-18(17-11-15-3-1-2-4-16(15)23-17)19(7-8-20-13-19)12-14-5-9-22-10-6-14/h1-4,11,14,20H,5-10,12-13H2. The van der Waals surface area contributed by atoms with Gasteiger partial charge in [-0.1, -0.05) is 18.2 Å². The summed E-state index contributed by atoms with van der Waals surface area (Å²) in [5, 5.41) is 4.63. The van der Waals surface area contributed by atoms with Gasteiger partial charge in [-0.3, -0.25) is 4.79 Å². The van der Waals surface area contributed by atoms with E-state index in [0.29, 0.717) is 11.7 Å². The molecule has 1 atom stereocenters. The Hall–Kier alpha value is -1.23. The molecule has 23 heavy (non-hydrogen) atoms. The number of ketones is 1. The first-order chi connectivity index (χ1) is 11.3. The van der Waals surface area contributed by atoms with Crippen LogP contribution in [0.1, 0.15) is 35.4 Å². The first-order valence-electron chi connectivity index (χ1n) is 8.59. The van der Waals surface area contributed by atoms with E-state index >= 15 is 0 Å². The molecule has 4 rings (SSSR count). The van der Waals surface area contributed by atoms with Gasteiger partial charge >= 0.3 is 0 Å². The predicted octanol–water partition coefficient (Wildman–Crippen LogP) is 3.88. The van der Waals surface area contributed by atoms with E-state index in [-0.39, 0.29) is 5.41 Å². The number of hydrogen-bond donors (Lipinski definition) is 1. The maximum atomic E-state index is 13.4. The minimum atomic E-state index is -0.205. The van der Waals surface area contributed by atoms with Gasteiger partial charge in [-0.2, -0.15) is 0 Å². The molecule has 0 aliphatic carbocycles. The number of rotatable bonds is 4. The highest BCUT2D eigenvalue weighted by molar-refractivity contribution is 7.20. The lowest BCUT2D eigenvalue weighted by molar-refractivity contribution is 0.0451. The minimum absolute atomic E-state index is 0.205. The third-order valence-electron chi connectivity index (χ3n) is 5.39. The highest BCUT2D eigenvalue weighted by Gasteiger charge is 2.43. The van der Waals surface area contributed by atoms with E-state index < -0.39 is 0 Å². The summed E-state index contributed by atoms with van der Waals surface area (Å²) < 4.78 is 6.69. The van der Waals surface area contributed by atoms with Crippen molar-refractivity contribution in [3.05, 3.63) is 35.2 Å². The normalized spacial score (nSPS) is 25.9. The van der Waals surface area contributed by atoms with E-state index in [1.807, 2.05) is 12.1 Å². The average molecular weight is 329 g/mol. The molecule has 3 nitrogen and oxygen atoms in total. The molecule has 0 saturated carbocycles. The Morgan fingerprint density at radius 2 is 2.13 bits per heavy atom. The molecule has 2 fully saturated rings. The molecule has 1 N–H and O–H groups in total. The number of thiophene rings is 1. The molecule has 2 aromatic rings. The molecule has 0 spiro atoms. The van der Waals surface area contributed by atoms with Crippen LogP contribution in [0, 0.1) is 11.3 Å². The van der Waals surface area contributed by atoms with Crippen LogP contribution in [0.4, 0.5) is 0 Å². The summed E-state index contributed by atoms with van der Waals surface area (Å²) in [7, 11) is 0. The number of carbonyl (C=O) groups is 1. The summed E-state index contributed by atoms with van der Waals surface area (Å²) in [4.78, 5) is 14.3. The molecule has 122 valence electrons. The number of nitrogens with one attached hydrogen (secondary N) is 1. The van der Waals surface area contributed by atoms with Gasteiger partial charge in [0.1, 0.15) is 0 Å². The van der Waals surface area contributed by atoms with Crippen molar-refractivity contribution in [1.82, 2.24) is 5.32 Å². The van der Waals surface area contributed by atoms with E-state index in [0.717, 1.165) is 56.9 Å². The van der Waals surface area contributed by atoms with Gasteiger partial charge in [-0.05, 0) is 55.7 Å². The lowest BCUT2D eigenvalue weighted by Crippen LogP contribution is -2.36. The molecule has 2 saturated heterocycles. The SMILES string of the molecule is O=C(c1cc2ccccc2s1)C1(CC2CCOCC2)CCNC1. The van der Waals surface area contributed by atoms with Crippen LogP contribution in [0.25, 0.3) is 10.1 Å². The monoisotopic (exact) mass is 329 g/mol. The fourth-order valence-corrected chi connectivity index (χ4v) is 5.19. The summed E-state index contributed by atoms with van der Waals surface area (Å²) in [5.41, 5.74) is -0.205. The van der Waals surface area contributed by atoms with E-state index in [9.17, 15) is 4.79 Å². The zero-order chi connectivity index (χ0) is 15.7. The lowest BCUT2D eigenvalue weighted by atomic mass is 9.73. The fourth-order valence-electron chi connectivity index (χ4n) is 4.06. The molecule has 1 aromatic carbocycles. The maximum absolute atomic E-state index is 13.4. The van der Waals surface area contributed by atoms with E-state index in [1.54, 1.807) is 11.3 Å². The molecule has 0 amide bonds. The third kappa shape index (κ3) is 2.95. The maximum Gasteiger partial charge on any atom is 0.180 e. The second-order valence-corrected chi connectivity index (χ2v) is 8.03. The topological polar surface area (TPSA) is 38.3 Å². The van der Waals surface area contributed by atoms with Crippen LogP contribution in [0.3, 0.4) is 0 Å². The van der Waals surface area contributed by atoms with E-state index in [2.05, 4.69) is 23.5 Å². The van der Waals surface area contributed by atoms with Crippen molar-refractivity contribution in [3.63, 3.8) is 0 Å². The van der Waals surface area contributed by atoms with Crippen LogP contribution in [-0.4, -0.2) is 32.1 Å². The summed E-state index contributed by atoms with van der Waals surface area (Å²) in [6.45, 7) is 3.49. The van der Waals surface area contributed by atoms with E-state index in [1.165, 1.54) is 10.1 Å². The Kier molecular flexibility index (Phi) is 4.22. The Balaban J connectivity index is 1.61. The number of ether oxygens (including phenoxy) is 1. The minimum Gasteiger partial charge on any atom is -0.381 e. The smallest absolute Gasteiger partial charge is 0.180 e. The summed E-state index contributed by atoms with van der Waals surface area (Å²) in [5.74, 6) is 0.983. The van der Waals surface area contributed by atoms with Gasteiger partial charge < -0.3 is 10.1 Å². The van der Waals surface area contributed by atoms with Gasteiger partial charge in [0.25, 0.3) is 0 Å². The molecule has 1 aromatic heterocycles. The van der Waals surface area contributed by atoms with E-state index in [4.69, 9.17) is 4.74 Å². The Morgan fingerprint density at radius 1 is 1.30 bits per heavy atom. The zero-order valence-corrected chi connectivity index (χ0v) is 14.2. The van der Waals surface area contributed by atoms with Crippen molar-refractivity contribution >= 4 is 27.2 Å². The number of benzene rings is 1. The molecule has 3 heterocycles. The van der Waals surface area contributed by atoms with Crippen molar-refractivity contribution in [2.24, 2.45) is 11.3 Å². The molecule has 2 aliphatic heterocycles. The van der Waals surface area contributed by atoms with Crippen LogP contribution in [-0.2, 0) is 4.74 Å². The Bertz CT molecular complexity index is 663. The largest absolute Gasteiger partial charge is 0.381 e. The molecular weight excluding hydrogens is 306 g/mol. The van der Waals surface area contributed by atoms with Gasteiger partial charge in [-0.25, -0.2) is 0 Å². The van der Waals surface area contributed by atoms with Crippen molar-refractivity contribution in [3.8, 4) is 0 Å². The highest BCUT2D eigenvalue weighted by Crippen LogP contribution is 2.41. The van der Waals surface area contributed by atoms with Crippen molar-refractivity contribution in [2.75, 3.05) is 26.3 Å². The van der Waals surface area contributed by atoms with Crippen LogP contribution < -0.4 is 5.32 Å². The van der Waals surface area contributed by atoms with Crippen LogP contribution >= 0.6 is 11.3 Å². The second kappa shape index (κ2) is 6.34. The number of carbonyl (C=O) groups excluding carboxylic acids is 1. The molecular formula is C19H23NO2S. The number of hydrogen-bond acceptors (Lipinski definition) is 4. The van der Waals surface area contributed by atoms with Crippen molar-refractivity contribution in [1.29, 1.82) is 0 Å². The molecule has 2 aliphatic rings. The lowest BCUT2D eigenvalue weighted by Gasteiger charge is -2.32. The Labute approximate surface area is 141 Å². The summed E-state index contributed by atoms with van der Waals surface area (Å²) >= 11 is 1.65. The molecule has 4 heteroatoms. The predicted molar refractivity (Wildman–Crippen MR) is 94.2 cm³/mol. The zero-order valence-electron chi connectivity index (χ0n) is 13.3. The molecule has 0 radical (unpaired) electrons. The first kappa shape index (κ1) is 15.3. The fraction of sp³-hybridized carbons (Fsp3) is 0.526. The van der Waals surface area contributed by atoms with Gasteiger partial charge in [0.15, 0.2) is 5.78 Å². The molecule has 0 bridgehead atoms. The van der Waals surface area contributed by atoms with Crippen LogP contribution in [0.15, 0.2) is 30.3 Å². The van der Waals surface area contributed by atoms with Crippen molar-refractivity contribution in [2.45, 2.75) is 25.7 Å². The average Bonchev–Trinajstić information content (AvgIpc) is 3.22. The van der Waals surface area contributed by atoms with Gasteiger partial charge in [-0.15, -0.1) is 11.3 Å². The second-order valence-electron chi connectivity index (χ2n) is 6.94. The summed E-state index contributed by atoms with van der Waals surface area (Å²) in [6.07, 6.45) is 4.18. The highest BCUT2D eigenvalue weighted by atomic mass is 32.1. The summed E-state index contributed by atoms with van der Waals surface area (Å²) in [6, 6.07) is 10.4. The third-order valence-corrected chi connectivity index (χ3v) is 6.51.